The Kier molecular flexibility index (Phi) is 11.2. The molecular weight excluding hydrogens is 829 g/mol. The van der Waals surface area contributed by atoms with Crippen LogP contribution in [0.1, 0.15) is 95.7 Å². The highest BCUT2D eigenvalue weighted by atomic mass is 16.5. The second-order valence-corrected chi connectivity index (χ2v) is 21.1. The Morgan fingerprint density at radius 1 is 0.426 bits per heavy atom. The average Bonchev–Trinajstić information content (AvgIpc) is 3.96. The minimum Gasteiger partial charge on any atom is -0.457 e. The van der Waals surface area contributed by atoms with Crippen LogP contribution < -0.4 is 14.5 Å². The first-order valence-corrected chi connectivity index (χ1v) is 24.0. The van der Waals surface area contributed by atoms with Crippen molar-refractivity contribution in [2.24, 2.45) is 5.41 Å². The lowest BCUT2D eigenvalue weighted by atomic mass is 9.73. The highest BCUT2D eigenvalue weighted by molar-refractivity contribution is 6.09. The number of anilines is 2. The van der Waals surface area contributed by atoms with E-state index in [0.29, 0.717) is 6.67 Å². The summed E-state index contributed by atoms with van der Waals surface area (Å²) in [5, 5.41) is 2.33. The normalized spacial score (nSPS) is 13.6. The maximum Gasteiger partial charge on any atom is 0.137 e. The Balaban J connectivity index is 0.998. The third kappa shape index (κ3) is 8.14. The third-order valence-electron chi connectivity index (χ3n) is 14.5. The molecule has 0 amide bonds. The van der Waals surface area contributed by atoms with Gasteiger partial charge in [-0.05, 0) is 88.0 Å². The Bertz CT molecular complexity index is 3230. The molecule has 1 aliphatic rings. The van der Waals surface area contributed by atoms with E-state index < -0.39 is 0 Å². The zero-order chi connectivity index (χ0) is 47.4. The van der Waals surface area contributed by atoms with E-state index in [1.54, 1.807) is 0 Å². The molecule has 0 spiro atoms. The average molecular weight is 891 g/mol. The maximum absolute atomic E-state index is 6.81. The SMILES string of the molecule is CC(C)(C)C1=CN(c2cccc(Oc3ccc4c5ccccc5n(-c5cc(C(C)(C)c6ccccc6)ccn5)c4c3)c2)CN1c1cc(C(C)(C)c2ccccc2)cc(C(C)(C)c2ccccc2)c1. The van der Waals surface area contributed by atoms with E-state index in [2.05, 4.69) is 271 Å². The summed E-state index contributed by atoms with van der Waals surface area (Å²) in [6, 6.07) is 67.7. The molecule has 2 aromatic heterocycles. The quantitative estimate of drug-likeness (QED) is 0.130. The van der Waals surface area contributed by atoms with E-state index in [1.165, 1.54) is 50.2 Å². The van der Waals surface area contributed by atoms with E-state index in [4.69, 9.17) is 9.72 Å². The molecule has 5 heteroatoms. The van der Waals surface area contributed by atoms with Crippen LogP contribution in [-0.2, 0) is 16.2 Å². The lowest BCUT2D eigenvalue weighted by molar-refractivity contribution is 0.483. The van der Waals surface area contributed by atoms with Crippen LogP contribution in [0, 0.1) is 5.41 Å². The number of rotatable bonds is 11. The van der Waals surface area contributed by atoms with Gasteiger partial charge in [0.2, 0.25) is 0 Å². The highest BCUT2D eigenvalue weighted by Gasteiger charge is 2.35. The van der Waals surface area contributed by atoms with Crippen molar-refractivity contribution in [2.45, 2.75) is 78.6 Å². The number of pyridine rings is 1. The van der Waals surface area contributed by atoms with Crippen molar-refractivity contribution in [1.29, 1.82) is 0 Å². The molecular formula is C63H62N4O. The Hall–Kier alpha value is -7.37. The number of nitrogens with zero attached hydrogens (tertiary/aromatic N) is 4. The van der Waals surface area contributed by atoms with E-state index in [1.807, 2.05) is 6.20 Å². The first kappa shape index (κ1) is 44.5. The van der Waals surface area contributed by atoms with Gasteiger partial charge in [0.05, 0.1) is 17.7 Å². The van der Waals surface area contributed by atoms with Crippen LogP contribution in [0.4, 0.5) is 11.4 Å². The number of hydrogen-bond acceptors (Lipinski definition) is 4. The van der Waals surface area contributed by atoms with Crippen LogP contribution in [0.2, 0.25) is 0 Å². The number of hydrogen-bond donors (Lipinski definition) is 0. The largest absolute Gasteiger partial charge is 0.457 e. The predicted molar refractivity (Wildman–Crippen MR) is 285 cm³/mol. The summed E-state index contributed by atoms with van der Waals surface area (Å²) in [7, 11) is 0. The number of para-hydroxylation sites is 1. The summed E-state index contributed by atoms with van der Waals surface area (Å²) in [5.74, 6) is 2.42. The molecule has 0 radical (unpaired) electrons. The predicted octanol–water partition coefficient (Wildman–Crippen LogP) is 16.1. The standard InChI is InChI=1S/C63H62N4O/c1-60(2,3)58-42-65(43-66(58)51-37-48(62(6,7)45-24-15-11-16-25-45)36-49(38-51)63(8,9)46-26-17-12-18-27-46)50-28-21-29-52(40-50)68-53-32-33-55-54-30-19-20-31-56(54)67(57(55)41-53)59-39-47(34-35-64-59)61(4,5)44-22-13-10-14-23-44/h10-42H,43H2,1-9H3. The second-order valence-electron chi connectivity index (χ2n) is 21.1. The zero-order valence-electron chi connectivity index (χ0n) is 41.0. The van der Waals surface area contributed by atoms with Gasteiger partial charge in [0.15, 0.2) is 0 Å². The molecule has 3 heterocycles. The molecule has 0 bridgehead atoms. The van der Waals surface area contributed by atoms with E-state index in [-0.39, 0.29) is 21.7 Å². The summed E-state index contributed by atoms with van der Waals surface area (Å²) in [6.45, 7) is 21.6. The topological polar surface area (TPSA) is 33.5 Å². The molecule has 0 N–H and O–H groups in total. The smallest absolute Gasteiger partial charge is 0.137 e. The van der Waals surface area contributed by atoms with E-state index in [0.717, 1.165) is 39.4 Å². The highest BCUT2D eigenvalue weighted by Crippen LogP contribution is 2.45. The fraction of sp³-hybridized carbons (Fsp3) is 0.222. The summed E-state index contributed by atoms with van der Waals surface area (Å²) < 4.78 is 9.09. The van der Waals surface area contributed by atoms with Gasteiger partial charge >= 0.3 is 0 Å². The van der Waals surface area contributed by atoms with Gasteiger partial charge in [-0.2, -0.15) is 0 Å². The molecule has 0 unspecified atom stereocenters. The maximum atomic E-state index is 6.81. The molecule has 1 aliphatic heterocycles. The van der Waals surface area contributed by atoms with Crippen molar-refractivity contribution >= 4 is 33.2 Å². The molecule has 0 saturated carbocycles. The fourth-order valence-corrected chi connectivity index (χ4v) is 10.1. The van der Waals surface area contributed by atoms with Crippen LogP contribution in [0.5, 0.6) is 11.5 Å². The van der Waals surface area contributed by atoms with Crippen LogP contribution in [0.25, 0.3) is 27.6 Å². The van der Waals surface area contributed by atoms with Gasteiger partial charge in [0.1, 0.15) is 17.3 Å². The number of aromatic nitrogens is 2. The number of ether oxygens (including phenoxy) is 1. The van der Waals surface area contributed by atoms with Gasteiger partial charge in [0, 0.05) is 74.0 Å². The van der Waals surface area contributed by atoms with E-state index >= 15 is 0 Å². The molecule has 0 aliphatic carbocycles. The summed E-state index contributed by atoms with van der Waals surface area (Å²) in [4.78, 5) is 9.85. The van der Waals surface area contributed by atoms with E-state index in [9.17, 15) is 0 Å². The zero-order valence-corrected chi connectivity index (χ0v) is 41.0. The molecule has 7 aromatic carbocycles. The van der Waals surface area contributed by atoms with Crippen LogP contribution in [0.15, 0.2) is 206 Å². The van der Waals surface area contributed by atoms with Crippen LogP contribution in [-0.4, -0.2) is 16.2 Å². The molecule has 0 atom stereocenters. The lowest BCUT2D eigenvalue weighted by Crippen LogP contribution is -2.32. The van der Waals surface area contributed by atoms with Crippen LogP contribution in [0.3, 0.4) is 0 Å². The molecule has 9 aromatic rings. The van der Waals surface area contributed by atoms with Crippen LogP contribution >= 0.6 is 0 Å². The second kappa shape index (κ2) is 17.1. The molecule has 0 saturated heterocycles. The Morgan fingerprint density at radius 2 is 0.971 bits per heavy atom. The first-order chi connectivity index (χ1) is 32.6. The van der Waals surface area contributed by atoms with Gasteiger partial charge in [-0.15, -0.1) is 0 Å². The molecule has 0 fully saturated rings. The number of fused-ring (bicyclic) bond motifs is 3. The monoisotopic (exact) mass is 890 g/mol. The molecule has 340 valence electrons. The van der Waals surface area contributed by atoms with Crippen molar-refractivity contribution in [1.82, 2.24) is 9.55 Å². The van der Waals surface area contributed by atoms with Gasteiger partial charge in [-0.25, -0.2) is 4.98 Å². The Labute approximate surface area is 403 Å². The number of benzene rings is 7. The van der Waals surface area contributed by atoms with Gasteiger partial charge in [-0.3, -0.25) is 4.57 Å². The molecule has 5 nitrogen and oxygen atoms in total. The summed E-state index contributed by atoms with van der Waals surface area (Å²) >= 11 is 0. The summed E-state index contributed by atoms with van der Waals surface area (Å²) in [5.41, 5.74) is 12.5. The van der Waals surface area contributed by atoms with Gasteiger partial charge < -0.3 is 14.5 Å². The fourth-order valence-electron chi connectivity index (χ4n) is 10.1. The van der Waals surface area contributed by atoms with Gasteiger partial charge in [0.25, 0.3) is 0 Å². The van der Waals surface area contributed by atoms with Crippen molar-refractivity contribution < 1.29 is 4.74 Å². The molecule has 10 rings (SSSR count). The van der Waals surface area contributed by atoms with Crippen molar-refractivity contribution in [3.8, 4) is 17.3 Å². The van der Waals surface area contributed by atoms with Crippen molar-refractivity contribution in [3.05, 3.63) is 240 Å². The van der Waals surface area contributed by atoms with Crippen molar-refractivity contribution in [3.63, 3.8) is 0 Å². The number of allylic oxidation sites excluding steroid dienone is 1. The lowest BCUT2D eigenvalue weighted by Gasteiger charge is -2.35. The first-order valence-electron chi connectivity index (χ1n) is 24.0. The third-order valence-corrected chi connectivity index (χ3v) is 14.5. The van der Waals surface area contributed by atoms with Gasteiger partial charge in [-0.1, -0.05) is 184 Å². The Morgan fingerprint density at radius 3 is 1.57 bits per heavy atom. The minimum atomic E-state index is -0.229. The van der Waals surface area contributed by atoms with Crippen molar-refractivity contribution in [2.75, 3.05) is 16.5 Å². The minimum absolute atomic E-state index is 0.136. The summed E-state index contributed by atoms with van der Waals surface area (Å²) in [6.07, 6.45) is 4.27. The molecule has 68 heavy (non-hydrogen) atoms.